The number of sulfonamides is 1. The molecule has 0 spiro atoms. The average molecular weight is 401 g/mol. The Morgan fingerprint density at radius 2 is 1.78 bits per heavy atom. The monoisotopic (exact) mass is 401 g/mol. The Labute approximate surface area is 154 Å². The molecule has 0 atom stereocenters. The van der Waals surface area contributed by atoms with Crippen LogP contribution in [0, 0.1) is 0 Å². The number of hydrogen-bond acceptors (Lipinski definition) is 5. The van der Waals surface area contributed by atoms with Gasteiger partial charge in [0.15, 0.2) is 0 Å². The summed E-state index contributed by atoms with van der Waals surface area (Å²) in [7, 11) is -4.23. The number of rotatable bonds is 4. The fourth-order valence-corrected chi connectivity index (χ4v) is 4.42. The number of halogens is 3. The van der Waals surface area contributed by atoms with E-state index in [1.165, 1.54) is 0 Å². The van der Waals surface area contributed by atoms with Gasteiger partial charge < -0.3 is 5.11 Å². The van der Waals surface area contributed by atoms with Gasteiger partial charge in [0.2, 0.25) is 10.0 Å². The molecule has 10 heteroatoms. The Morgan fingerprint density at radius 1 is 1.07 bits per heavy atom. The maximum Gasteiger partial charge on any atom is 0.416 e. The second kappa shape index (κ2) is 7.45. The van der Waals surface area contributed by atoms with Crippen LogP contribution in [0.15, 0.2) is 47.5 Å². The number of phenolic OH excluding ortho intramolecular Hbond substituents is 1. The lowest BCUT2D eigenvalue weighted by Gasteiger charge is -2.33. The first kappa shape index (κ1) is 19.6. The lowest BCUT2D eigenvalue weighted by Crippen LogP contribution is -2.48. The first-order valence-electron chi connectivity index (χ1n) is 8.20. The molecule has 1 aliphatic rings. The van der Waals surface area contributed by atoms with Crippen LogP contribution < -0.4 is 0 Å². The zero-order valence-electron chi connectivity index (χ0n) is 14.2. The predicted octanol–water partition coefficient (Wildman–Crippen LogP) is 2.31. The van der Waals surface area contributed by atoms with Crippen molar-refractivity contribution in [1.82, 2.24) is 14.2 Å². The fourth-order valence-electron chi connectivity index (χ4n) is 2.88. The Hall–Kier alpha value is -2.17. The van der Waals surface area contributed by atoms with Crippen molar-refractivity contribution in [2.45, 2.75) is 17.6 Å². The Kier molecular flexibility index (Phi) is 5.41. The molecule has 0 radical (unpaired) electrons. The normalized spacial score (nSPS) is 17.1. The minimum atomic E-state index is -4.70. The molecule has 0 unspecified atom stereocenters. The number of pyridine rings is 1. The number of benzene rings is 1. The Morgan fingerprint density at radius 3 is 2.37 bits per heavy atom. The molecule has 0 bridgehead atoms. The van der Waals surface area contributed by atoms with E-state index in [2.05, 4.69) is 4.98 Å². The minimum absolute atomic E-state index is 0.116. The van der Waals surface area contributed by atoms with Crippen molar-refractivity contribution >= 4 is 10.0 Å². The summed E-state index contributed by atoms with van der Waals surface area (Å²) in [6.07, 6.45) is -3.02. The second-order valence-corrected chi connectivity index (χ2v) is 8.09. The van der Waals surface area contributed by atoms with Crippen molar-refractivity contribution in [1.29, 1.82) is 0 Å². The van der Waals surface area contributed by atoms with Crippen LogP contribution in [0.1, 0.15) is 11.3 Å². The van der Waals surface area contributed by atoms with Gasteiger partial charge in [0.05, 0.1) is 11.3 Å². The van der Waals surface area contributed by atoms with Crippen LogP contribution in [0.5, 0.6) is 5.75 Å². The molecule has 2 aromatic rings. The van der Waals surface area contributed by atoms with Crippen molar-refractivity contribution in [2.24, 2.45) is 0 Å². The minimum Gasteiger partial charge on any atom is -0.507 e. The van der Waals surface area contributed by atoms with E-state index >= 15 is 0 Å². The molecule has 0 amide bonds. The highest BCUT2D eigenvalue weighted by atomic mass is 32.2. The zero-order chi connectivity index (χ0) is 19.7. The van der Waals surface area contributed by atoms with E-state index in [9.17, 15) is 26.7 Å². The molecule has 0 aliphatic carbocycles. The van der Waals surface area contributed by atoms with Gasteiger partial charge in [0, 0.05) is 38.9 Å². The number of hydrogen-bond donors (Lipinski definition) is 1. The van der Waals surface area contributed by atoms with Crippen molar-refractivity contribution in [3.63, 3.8) is 0 Å². The SMILES string of the molecule is O=S(=O)(c1cc(C(F)(F)F)ccc1O)N1CCN(Cc2ccccn2)CC1. The first-order chi connectivity index (χ1) is 12.7. The fraction of sp³-hybridized carbons (Fsp3) is 0.353. The highest BCUT2D eigenvalue weighted by Gasteiger charge is 2.35. The molecule has 1 aliphatic heterocycles. The van der Waals surface area contributed by atoms with Gasteiger partial charge in [-0.05, 0) is 30.3 Å². The maximum absolute atomic E-state index is 12.9. The van der Waals surface area contributed by atoms with Crippen LogP contribution >= 0.6 is 0 Å². The molecule has 2 heterocycles. The standard InChI is InChI=1S/C17H18F3N3O3S/c18-17(19,20)13-4-5-15(24)16(11-13)27(25,26)23-9-7-22(8-10-23)12-14-3-1-2-6-21-14/h1-6,11,24H,7-10,12H2. The average Bonchev–Trinajstić information content (AvgIpc) is 2.62. The number of aromatic nitrogens is 1. The van der Waals surface area contributed by atoms with Gasteiger partial charge in [0.25, 0.3) is 0 Å². The lowest BCUT2D eigenvalue weighted by molar-refractivity contribution is -0.137. The summed E-state index contributed by atoms with van der Waals surface area (Å²) in [5.41, 5.74) is -0.267. The quantitative estimate of drug-likeness (QED) is 0.851. The molecule has 146 valence electrons. The van der Waals surface area contributed by atoms with Crippen molar-refractivity contribution < 1.29 is 26.7 Å². The number of phenols is 1. The summed E-state index contributed by atoms with van der Waals surface area (Å²) in [6.45, 7) is 1.62. The van der Waals surface area contributed by atoms with Crippen LogP contribution in [-0.4, -0.2) is 53.9 Å². The molecule has 1 N–H and O–H groups in total. The maximum atomic E-state index is 12.9. The summed E-state index contributed by atoms with van der Waals surface area (Å²) >= 11 is 0. The zero-order valence-corrected chi connectivity index (χ0v) is 15.0. The molecule has 1 fully saturated rings. The second-order valence-electron chi connectivity index (χ2n) is 6.18. The highest BCUT2D eigenvalue weighted by Crippen LogP contribution is 2.35. The van der Waals surface area contributed by atoms with E-state index in [0.29, 0.717) is 31.8 Å². The van der Waals surface area contributed by atoms with Crippen LogP contribution in [0.4, 0.5) is 13.2 Å². The largest absolute Gasteiger partial charge is 0.507 e. The van der Waals surface area contributed by atoms with Crippen molar-refractivity contribution in [3.05, 3.63) is 53.9 Å². The predicted molar refractivity (Wildman–Crippen MR) is 91.4 cm³/mol. The van der Waals surface area contributed by atoms with E-state index in [4.69, 9.17) is 0 Å². The topological polar surface area (TPSA) is 73.7 Å². The molecule has 3 rings (SSSR count). The summed E-state index contributed by atoms with van der Waals surface area (Å²) in [4.78, 5) is 5.51. The molecule has 1 aromatic carbocycles. The van der Waals surface area contributed by atoms with E-state index in [1.807, 2.05) is 17.0 Å². The van der Waals surface area contributed by atoms with Crippen molar-refractivity contribution in [2.75, 3.05) is 26.2 Å². The molecule has 27 heavy (non-hydrogen) atoms. The van der Waals surface area contributed by atoms with Gasteiger partial charge >= 0.3 is 6.18 Å². The number of aromatic hydroxyl groups is 1. The molecular formula is C17H18F3N3O3S. The van der Waals surface area contributed by atoms with Crippen LogP contribution in [0.2, 0.25) is 0 Å². The third kappa shape index (κ3) is 4.40. The van der Waals surface area contributed by atoms with E-state index in [1.54, 1.807) is 12.3 Å². The smallest absolute Gasteiger partial charge is 0.416 e. The number of piperazine rings is 1. The van der Waals surface area contributed by atoms with Gasteiger partial charge in [-0.2, -0.15) is 17.5 Å². The van der Waals surface area contributed by atoms with Crippen LogP contribution in [-0.2, 0) is 22.7 Å². The van der Waals surface area contributed by atoms with E-state index < -0.39 is 32.4 Å². The Balaban J connectivity index is 1.74. The summed E-state index contributed by atoms with van der Waals surface area (Å²) in [6, 6.07) is 7.41. The molecule has 6 nitrogen and oxygen atoms in total. The third-order valence-electron chi connectivity index (χ3n) is 4.35. The van der Waals surface area contributed by atoms with Crippen molar-refractivity contribution in [3.8, 4) is 5.75 Å². The van der Waals surface area contributed by atoms with Gasteiger partial charge in [0.1, 0.15) is 10.6 Å². The van der Waals surface area contributed by atoms with Crippen LogP contribution in [0.3, 0.4) is 0 Å². The molecule has 1 aromatic heterocycles. The lowest BCUT2D eigenvalue weighted by atomic mass is 10.2. The molecule has 0 saturated carbocycles. The summed E-state index contributed by atoms with van der Waals surface area (Å²) < 4.78 is 65.2. The van der Waals surface area contributed by atoms with Gasteiger partial charge in [-0.15, -0.1) is 0 Å². The van der Waals surface area contributed by atoms with Gasteiger partial charge in [-0.25, -0.2) is 8.42 Å². The van der Waals surface area contributed by atoms with E-state index in [0.717, 1.165) is 16.1 Å². The summed E-state index contributed by atoms with van der Waals surface area (Å²) in [5, 5.41) is 9.82. The first-order valence-corrected chi connectivity index (χ1v) is 9.64. The van der Waals surface area contributed by atoms with E-state index in [-0.39, 0.29) is 13.1 Å². The summed E-state index contributed by atoms with van der Waals surface area (Å²) in [5.74, 6) is -0.695. The van der Waals surface area contributed by atoms with Gasteiger partial charge in [-0.3, -0.25) is 9.88 Å². The van der Waals surface area contributed by atoms with Gasteiger partial charge in [-0.1, -0.05) is 6.07 Å². The third-order valence-corrected chi connectivity index (χ3v) is 6.28. The number of nitrogens with zero attached hydrogens (tertiary/aromatic N) is 3. The number of alkyl halides is 3. The molecular weight excluding hydrogens is 383 g/mol. The Bertz CT molecular complexity index is 897. The molecule has 1 saturated heterocycles. The van der Waals surface area contributed by atoms with Crippen LogP contribution in [0.25, 0.3) is 0 Å². The highest BCUT2D eigenvalue weighted by molar-refractivity contribution is 7.89.